The van der Waals surface area contributed by atoms with E-state index < -0.39 is 11.8 Å². The fourth-order valence-corrected chi connectivity index (χ4v) is 1.76. The van der Waals surface area contributed by atoms with Crippen LogP contribution in [0.25, 0.3) is 0 Å². The Morgan fingerprint density at radius 3 is 2.75 bits per heavy atom. The van der Waals surface area contributed by atoms with Gasteiger partial charge in [0, 0.05) is 13.0 Å². The van der Waals surface area contributed by atoms with Gasteiger partial charge in [-0.15, -0.1) is 0 Å². The smallest absolute Gasteiger partial charge is 0.335 e. The lowest BCUT2D eigenvalue weighted by Gasteiger charge is -2.16. The summed E-state index contributed by atoms with van der Waals surface area (Å²) in [6.45, 7) is 0.443. The minimum absolute atomic E-state index is 0.0175. The highest BCUT2D eigenvalue weighted by molar-refractivity contribution is 5.97. The molecule has 1 aliphatic heterocycles. The first kappa shape index (κ1) is 10.6. The number of carboxylic acids is 1. The molecule has 0 atom stereocenters. The quantitative estimate of drug-likeness (QED) is 0.829. The molecule has 0 radical (unpaired) electrons. The molecule has 0 aliphatic carbocycles. The zero-order valence-electron chi connectivity index (χ0n) is 8.44. The summed E-state index contributed by atoms with van der Waals surface area (Å²) in [5.74, 6) is -1.87. The van der Waals surface area contributed by atoms with Crippen LogP contribution in [0.1, 0.15) is 23.2 Å². The number of benzene rings is 1. The summed E-state index contributed by atoms with van der Waals surface area (Å²) in [6.07, 6.45) is 1.06. The van der Waals surface area contributed by atoms with Crippen molar-refractivity contribution in [3.05, 3.63) is 29.6 Å². The third-order valence-electron chi connectivity index (χ3n) is 2.56. The molecule has 5 heteroatoms. The fourth-order valence-electron chi connectivity index (χ4n) is 1.76. The Kier molecular flexibility index (Phi) is 2.60. The maximum absolute atomic E-state index is 13.5. The molecule has 1 aliphatic rings. The number of aromatic carboxylic acids is 1. The van der Waals surface area contributed by atoms with Crippen molar-refractivity contribution < 1.29 is 19.1 Å². The molecule has 0 aromatic heterocycles. The van der Waals surface area contributed by atoms with Crippen molar-refractivity contribution in [2.75, 3.05) is 11.4 Å². The van der Waals surface area contributed by atoms with Crippen molar-refractivity contribution in [1.29, 1.82) is 0 Å². The molecule has 2 rings (SSSR count). The van der Waals surface area contributed by atoms with Crippen molar-refractivity contribution in [2.24, 2.45) is 0 Å². The predicted molar refractivity (Wildman–Crippen MR) is 54.9 cm³/mol. The number of hydrogen-bond acceptors (Lipinski definition) is 2. The fraction of sp³-hybridized carbons (Fsp3) is 0.273. The number of amides is 1. The molecule has 1 fully saturated rings. The molecule has 0 saturated carbocycles. The van der Waals surface area contributed by atoms with Gasteiger partial charge in [0.15, 0.2) is 0 Å². The van der Waals surface area contributed by atoms with Gasteiger partial charge in [0.05, 0.1) is 11.3 Å². The van der Waals surface area contributed by atoms with E-state index >= 15 is 0 Å². The van der Waals surface area contributed by atoms with Crippen LogP contribution >= 0.6 is 0 Å². The lowest BCUT2D eigenvalue weighted by atomic mass is 10.2. The second-order valence-electron chi connectivity index (χ2n) is 3.62. The van der Waals surface area contributed by atoms with Crippen LogP contribution in [-0.4, -0.2) is 23.5 Å². The summed E-state index contributed by atoms with van der Waals surface area (Å²) < 4.78 is 13.5. The van der Waals surface area contributed by atoms with Gasteiger partial charge in [-0.1, -0.05) is 0 Å². The Morgan fingerprint density at radius 1 is 1.44 bits per heavy atom. The highest BCUT2D eigenvalue weighted by Gasteiger charge is 2.24. The van der Waals surface area contributed by atoms with E-state index in [9.17, 15) is 14.0 Å². The molecule has 0 unspecified atom stereocenters. The zero-order valence-corrected chi connectivity index (χ0v) is 8.44. The number of halogens is 1. The molecule has 1 heterocycles. The van der Waals surface area contributed by atoms with Gasteiger partial charge in [-0.3, -0.25) is 4.79 Å². The second-order valence-corrected chi connectivity index (χ2v) is 3.62. The van der Waals surface area contributed by atoms with E-state index in [1.54, 1.807) is 0 Å². The third-order valence-corrected chi connectivity index (χ3v) is 2.56. The van der Waals surface area contributed by atoms with Crippen LogP contribution in [0.15, 0.2) is 18.2 Å². The molecule has 1 N–H and O–H groups in total. The summed E-state index contributed by atoms with van der Waals surface area (Å²) >= 11 is 0. The van der Waals surface area contributed by atoms with Crippen LogP contribution < -0.4 is 4.90 Å². The molecule has 0 bridgehead atoms. The van der Waals surface area contributed by atoms with Crippen LogP contribution in [0.5, 0.6) is 0 Å². The van der Waals surface area contributed by atoms with Gasteiger partial charge in [-0.25, -0.2) is 9.18 Å². The van der Waals surface area contributed by atoms with E-state index in [2.05, 4.69) is 0 Å². The molecule has 0 spiro atoms. The molecule has 84 valence electrons. The van der Waals surface area contributed by atoms with E-state index in [1.807, 2.05) is 0 Å². The van der Waals surface area contributed by atoms with E-state index in [1.165, 1.54) is 17.0 Å². The standard InChI is InChI=1S/C11H10FNO3/c12-8-4-3-7(11(15)16)6-9(8)13-5-1-2-10(13)14/h3-4,6H,1-2,5H2,(H,15,16). The number of carboxylic acid groups (broad SMARTS) is 1. The first-order chi connectivity index (χ1) is 7.59. The summed E-state index contributed by atoms with van der Waals surface area (Å²) in [7, 11) is 0. The Morgan fingerprint density at radius 2 is 2.19 bits per heavy atom. The van der Waals surface area contributed by atoms with Gasteiger partial charge in [0.25, 0.3) is 0 Å². The van der Waals surface area contributed by atoms with Crippen molar-refractivity contribution in [1.82, 2.24) is 0 Å². The normalized spacial score (nSPS) is 15.6. The first-order valence-electron chi connectivity index (χ1n) is 4.93. The van der Waals surface area contributed by atoms with Crippen molar-refractivity contribution in [3.63, 3.8) is 0 Å². The summed E-state index contributed by atoms with van der Waals surface area (Å²) in [5.41, 5.74) is 0.0403. The monoisotopic (exact) mass is 223 g/mol. The molecule has 4 nitrogen and oxygen atoms in total. The molecule has 1 amide bonds. The lowest BCUT2D eigenvalue weighted by Crippen LogP contribution is -2.25. The van der Waals surface area contributed by atoms with Crippen LogP contribution in [-0.2, 0) is 4.79 Å². The Hall–Kier alpha value is -1.91. The molecular weight excluding hydrogens is 213 g/mol. The minimum atomic E-state index is -1.13. The van der Waals surface area contributed by atoms with Gasteiger partial charge in [-0.2, -0.15) is 0 Å². The molecular formula is C11H10FNO3. The molecule has 1 aromatic carbocycles. The highest BCUT2D eigenvalue weighted by Crippen LogP contribution is 2.25. The Bertz CT molecular complexity index is 459. The van der Waals surface area contributed by atoms with Gasteiger partial charge in [0.2, 0.25) is 5.91 Å². The van der Waals surface area contributed by atoms with Crippen LogP contribution in [0.3, 0.4) is 0 Å². The predicted octanol–water partition coefficient (Wildman–Crippen LogP) is 1.65. The largest absolute Gasteiger partial charge is 0.478 e. The van der Waals surface area contributed by atoms with Gasteiger partial charge >= 0.3 is 5.97 Å². The number of carbonyl (C=O) groups is 2. The average Bonchev–Trinajstić information content (AvgIpc) is 2.65. The Balaban J connectivity index is 2.42. The second kappa shape index (κ2) is 3.92. The lowest BCUT2D eigenvalue weighted by molar-refractivity contribution is -0.117. The maximum atomic E-state index is 13.5. The maximum Gasteiger partial charge on any atom is 0.335 e. The summed E-state index contributed by atoms with van der Waals surface area (Å²) in [5, 5.41) is 8.78. The number of nitrogens with zero attached hydrogens (tertiary/aromatic N) is 1. The minimum Gasteiger partial charge on any atom is -0.478 e. The third kappa shape index (κ3) is 1.76. The van der Waals surface area contributed by atoms with Crippen molar-refractivity contribution in [2.45, 2.75) is 12.8 Å². The number of carbonyl (C=O) groups excluding carboxylic acids is 1. The highest BCUT2D eigenvalue weighted by atomic mass is 19.1. The SMILES string of the molecule is O=C(O)c1ccc(F)c(N2CCCC2=O)c1. The number of hydrogen-bond donors (Lipinski definition) is 1. The van der Waals surface area contributed by atoms with Gasteiger partial charge in [-0.05, 0) is 24.6 Å². The Labute approximate surface area is 91.3 Å². The van der Waals surface area contributed by atoms with Crippen LogP contribution in [0, 0.1) is 5.82 Å². The van der Waals surface area contributed by atoms with E-state index in [4.69, 9.17) is 5.11 Å². The van der Waals surface area contributed by atoms with E-state index in [0.29, 0.717) is 19.4 Å². The van der Waals surface area contributed by atoms with Crippen LogP contribution in [0.2, 0.25) is 0 Å². The summed E-state index contributed by atoms with van der Waals surface area (Å²) in [6, 6.07) is 3.45. The van der Waals surface area contributed by atoms with Crippen molar-refractivity contribution in [3.8, 4) is 0 Å². The molecule has 16 heavy (non-hydrogen) atoms. The molecule has 1 saturated heterocycles. The molecule has 1 aromatic rings. The van der Waals surface area contributed by atoms with E-state index in [-0.39, 0.29) is 17.2 Å². The topological polar surface area (TPSA) is 57.6 Å². The number of rotatable bonds is 2. The van der Waals surface area contributed by atoms with Crippen molar-refractivity contribution >= 4 is 17.6 Å². The first-order valence-corrected chi connectivity index (χ1v) is 4.93. The van der Waals surface area contributed by atoms with Gasteiger partial charge < -0.3 is 10.0 Å². The van der Waals surface area contributed by atoms with E-state index in [0.717, 1.165) is 6.07 Å². The zero-order chi connectivity index (χ0) is 11.7. The van der Waals surface area contributed by atoms with Crippen LogP contribution in [0.4, 0.5) is 10.1 Å². The summed E-state index contributed by atoms with van der Waals surface area (Å²) in [4.78, 5) is 23.4. The average molecular weight is 223 g/mol. The number of anilines is 1. The van der Waals surface area contributed by atoms with Gasteiger partial charge in [0.1, 0.15) is 5.82 Å².